The normalized spacial score (nSPS) is 15.8. The average Bonchev–Trinajstić information content (AvgIpc) is 3.28. The Hall–Kier alpha value is -1.67. The molecular weight excluding hydrogens is 354 g/mol. The number of hydrogen-bond donors (Lipinski definition) is 1. The van der Waals surface area contributed by atoms with Gasteiger partial charge in [-0.05, 0) is 46.1 Å². The molecule has 0 bridgehead atoms. The Labute approximate surface area is 154 Å². The first kappa shape index (κ1) is 16.8. The molecule has 132 valence electrons. The van der Waals surface area contributed by atoms with Crippen LogP contribution in [0.1, 0.15) is 59.9 Å². The third kappa shape index (κ3) is 2.91. The monoisotopic (exact) mass is 375 g/mol. The third-order valence-electron chi connectivity index (χ3n) is 4.73. The van der Waals surface area contributed by atoms with E-state index in [9.17, 15) is 4.79 Å². The van der Waals surface area contributed by atoms with Crippen LogP contribution < -0.4 is 5.56 Å². The predicted octanol–water partition coefficient (Wildman–Crippen LogP) is 3.94. The zero-order valence-corrected chi connectivity index (χ0v) is 16.4. The molecule has 4 rings (SSSR count). The van der Waals surface area contributed by atoms with Gasteiger partial charge in [0.1, 0.15) is 16.5 Å². The van der Waals surface area contributed by atoms with Crippen LogP contribution in [0.5, 0.6) is 0 Å². The molecule has 1 saturated carbocycles. The lowest BCUT2D eigenvalue weighted by Gasteiger charge is -2.11. The molecule has 1 aliphatic rings. The molecule has 1 atom stereocenters. The first-order valence-corrected chi connectivity index (χ1v) is 10.3. The van der Waals surface area contributed by atoms with Crippen LogP contribution >= 0.6 is 23.1 Å². The SMILES string of the molecule is CCn1c(SC(C)c2nc3sc(C)c(C)c3c(=O)[nH]2)nnc1C1CC1. The van der Waals surface area contributed by atoms with E-state index in [4.69, 9.17) is 4.98 Å². The number of thioether (sulfide) groups is 1. The number of nitrogens with one attached hydrogen (secondary N) is 1. The molecule has 3 aromatic rings. The highest BCUT2D eigenvalue weighted by Crippen LogP contribution is 2.41. The molecule has 8 heteroatoms. The minimum atomic E-state index is -0.0510. The second kappa shape index (κ2) is 6.25. The molecule has 3 heterocycles. The topological polar surface area (TPSA) is 76.5 Å². The number of hydrogen-bond acceptors (Lipinski definition) is 6. The Bertz CT molecular complexity index is 999. The lowest BCUT2D eigenvalue weighted by molar-refractivity contribution is 0.642. The average molecular weight is 376 g/mol. The Morgan fingerprint density at radius 3 is 2.80 bits per heavy atom. The molecule has 1 unspecified atom stereocenters. The quantitative estimate of drug-likeness (QED) is 0.684. The minimum Gasteiger partial charge on any atom is -0.309 e. The molecule has 0 aliphatic heterocycles. The number of rotatable bonds is 5. The molecule has 1 aliphatic carbocycles. The van der Waals surface area contributed by atoms with Crippen LogP contribution in [0.4, 0.5) is 0 Å². The van der Waals surface area contributed by atoms with Gasteiger partial charge in [-0.15, -0.1) is 21.5 Å². The number of aromatic nitrogens is 5. The summed E-state index contributed by atoms with van der Waals surface area (Å²) in [7, 11) is 0. The summed E-state index contributed by atoms with van der Waals surface area (Å²) < 4.78 is 2.19. The summed E-state index contributed by atoms with van der Waals surface area (Å²) >= 11 is 3.18. The van der Waals surface area contributed by atoms with E-state index in [0.717, 1.165) is 38.2 Å². The second-order valence-corrected chi connectivity index (χ2v) is 9.05. The fourth-order valence-electron chi connectivity index (χ4n) is 3.01. The molecule has 3 aromatic heterocycles. The Balaban J connectivity index is 1.66. The largest absolute Gasteiger partial charge is 0.309 e. The lowest BCUT2D eigenvalue weighted by Crippen LogP contribution is -2.13. The Morgan fingerprint density at radius 2 is 2.12 bits per heavy atom. The van der Waals surface area contributed by atoms with E-state index in [1.807, 2.05) is 20.8 Å². The highest BCUT2D eigenvalue weighted by molar-refractivity contribution is 7.99. The second-order valence-electron chi connectivity index (χ2n) is 6.53. The van der Waals surface area contributed by atoms with Gasteiger partial charge >= 0.3 is 0 Å². The van der Waals surface area contributed by atoms with E-state index >= 15 is 0 Å². The molecule has 0 radical (unpaired) electrons. The van der Waals surface area contributed by atoms with Crippen LogP contribution in [0.15, 0.2) is 9.95 Å². The van der Waals surface area contributed by atoms with E-state index in [1.54, 1.807) is 23.1 Å². The van der Waals surface area contributed by atoms with Gasteiger partial charge in [-0.1, -0.05) is 11.8 Å². The summed E-state index contributed by atoms with van der Waals surface area (Å²) in [4.78, 5) is 22.1. The summed E-state index contributed by atoms with van der Waals surface area (Å²) in [6.07, 6.45) is 2.42. The van der Waals surface area contributed by atoms with E-state index in [1.165, 1.54) is 12.8 Å². The molecule has 1 fully saturated rings. The number of thiophene rings is 1. The van der Waals surface area contributed by atoms with Crippen molar-refractivity contribution in [1.29, 1.82) is 0 Å². The van der Waals surface area contributed by atoms with Crippen LogP contribution in [-0.4, -0.2) is 24.7 Å². The van der Waals surface area contributed by atoms with Gasteiger partial charge in [-0.3, -0.25) is 4.79 Å². The standard InChI is InChI=1S/C17H21N5OS2/c1-5-22-14(11-6-7-11)20-21-17(22)25-10(4)13-18-15(23)12-8(2)9(3)24-16(12)19-13/h10-11H,5-7H2,1-4H3,(H,18,19,23). The minimum absolute atomic E-state index is 0.00126. The van der Waals surface area contributed by atoms with Crippen molar-refractivity contribution >= 4 is 33.3 Å². The number of aryl methyl sites for hydroxylation is 2. The van der Waals surface area contributed by atoms with Gasteiger partial charge in [0.25, 0.3) is 5.56 Å². The molecule has 0 saturated heterocycles. The fourth-order valence-corrected chi connectivity index (χ4v) is 5.02. The van der Waals surface area contributed by atoms with Gasteiger partial charge < -0.3 is 9.55 Å². The smallest absolute Gasteiger partial charge is 0.259 e. The summed E-state index contributed by atoms with van der Waals surface area (Å²) in [6.45, 7) is 9.04. The van der Waals surface area contributed by atoms with Crippen molar-refractivity contribution in [2.45, 2.75) is 63.4 Å². The van der Waals surface area contributed by atoms with Crippen molar-refractivity contribution in [3.05, 3.63) is 32.4 Å². The van der Waals surface area contributed by atoms with Crippen molar-refractivity contribution in [3.63, 3.8) is 0 Å². The summed E-state index contributed by atoms with van der Waals surface area (Å²) in [5.41, 5.74) is 0.977. The molecule has 6 nitrogen and oxygen atoms in total. The lowest BCUT2D eigenvalue weighted by atomic mass is 10.2. The number of H-pyrrole nitrogens is 1. The maximum Gasteiger partial charge on any atom is 0.259 e. The van der Waals surface area contributed by atoms with E-state index < -0.39 is 0 Å². The Morgan fingerprint density at radius 1 is 1.36 bits per heavy atom. The number of aromatic amines is 1. The molecule has 1 N–H and O–H groups in total. The van der Waals surface area contributed by atoms with E-state index in [2.05, 4.69) is 26.7 Å². The third-order valence-corrected chi connectivity index (χ3v) is 6.92. The van der Waals surface area contributed by atoms with Crippen LogP contribution in [0, 0.1) is 13.8 Å². The van der Waals surface area contributed by atoms with E-state index in [0.29, 0.717) is 11.7 Å². The van der Waals surface area contributed by atoms with Gasteiger partial charge in [0.15, 0.2) is 5.16 Å². The van der Waals surface area contributed by atoms with Crippen molar-refractivity contribution < 1.29 is 0 Å². The molecule has 0 amide bonds. The van der Waals surface area contributed by atoms with Crippen molar-refractivity contribution in [3.8, 4) is 0 Å². The van der Waals surface area contributed by atoms with Crippen molar-refractivity contribution in [2.75, 3.05) is 0 Å². The van der Waals surface area contributed by atoms with Gasteiger partial charge in [0, 0.05) is 17.3 Å². The summed E-state index contributed by atoms with van der Waals surface area (Å²) in [5, 5.41) is 10.4. The first-order valence-electron chi connectivity index (χ1n) is 8.59. The van der Waals surface area contributed by atoms with Crippen LogP contribution in [0.3, 0.4) is 0 Å². The van der Waals surface area contributed by atoms with E-state index in [-0.39, 0.29) is 10.8 Å². The molecule has 0 aromatic carbocycles. The molecule has 0 spiro atoms. The summed E-state index contributed by atoms with van der Waals surface area (Å²) in [6, 6.07) is 0. The molecular formula is C17H21N5OS2. The first-order chi connectivity index (χ1) is 12.0. The van der Waals surface area contributed by atoms with Gasteiger partial charge in [0.05, 0.1) is 10.6 Å². The highest BCUT2D eigenvalue weighted by atomic mass is 32.2. The van der Waals surface area contributed by atoms with Crippen molar-refractivity contribution in [2.24, 2.45) is 0 Å². The Kier molecular flexibility index (Phi) is 4.19. The van der Waals surface area contributed by atoms with Crippen LogP contribution in [-0.2, 0) is 6.54 Å². The fraction of sp³-hybridized carbons (Fsp3) is 0.529. The number of nitrogens with zero attached hydrogens (tertiary/aromatic N) is 4. The van der Waals surface area contributed by atoms with Crippen LogP contribution in [0.2, 0.25) is 0 Å². The zero-order valence-electron chi connectivity index (χ0n) is 14.8. The zero-order chi connectivity index (χ0) is 17.7. The highest BCUT2D eigenvalue weighted by Gasteiger charge is 2.30. The van der Waals surface area contributed by atoms with Gasteiger partial charge in [-0.25, -0.2) is 4.98 Å². The van der Waals surface area contributed by atoms with Crippen LogP contribution in [0.25, 0.3) is 10.2 Å². The number of fused-ring (bicyclic) bond motifs is 1. The van der Waals surface area contributed by atoms with Gasteiger partial charge in [-0.2, -0.15) is 0 Å². The maximum atomic E-state index is 12.5. The summed E-state index contributed by atoms with van der Waals surface area (Å²) in [5.74, 6) is 2.37. The van der Waals surface area contributed by atoms with Crippen molar-refractivity contribution in [1.82, 2.24) is 24.7 Å². The maximum absolute atomic E-state index is 12.5. The van der Waals surface area contributed by atoms with Gasteiger partial charge in [0.2, 0.25) is 0 Å². The molecule has 25 heavy (non-hydrogen) atoms. The predicted molar refractivity (Wildman–Crippen MR) is 102 cm³/mol.